The Hall–Kier alpha value is -5.57. The number of rotatable bonds is 6. The van der Waals surface area contributed by atoms with Crippen molar-refractivity contribution >= 4 is 11.0 Å². The Bertz CT molecular complexity index is 3290. The molecular weight excluding hydrogens is 854 g/mol. The average Bonchev–Trinajstić information content (AvgIpc) is 3.65. The molecule has 0 radical (unpaired) electrons. The van der Waals surface area contributed by atoms with Crippen molar-refractivity contribution in [3.8, 4) is 67.5 Å². The van der Waals surface area contributed by atoms with Gasteiger partial charge in [-0.15, -0.1) is 29.3 Å². The number of phenolic OH excluding ortho intramolecular Hbond substituents is 1. The summed E-state index contributed by atoms with van der Waals surface area (Å²) in [4.78, 5) is 9.60. The summed E-state index contributed by atoms with van der Waals surface area (Å²) in [6.45, 7) is 4.16. The molecule has 0 unspecified atom stereocenters. The first-order valence-electron chi connectivity index (χ1n) is 24.0. The number of aromatic nitrogens is 3. The van der Waals surface area contributed by atoms with E-state index in [1.165, 1.54) is 0 Å². The van der Waals surface area contributed by atoms with Gasteiger partial charge in [0.15, 0.2) is 0 Å². The van der Waals surface area contributed by atoms with Gasteiger partial charge in [0.25, 0.3) is 0 Å². The number of imidazole rings is 1. The van der Waals surface area contributed by atoms with Gasteiger partial charge >= 0.3 is 0 Å². The summed E-state index contributed by atoms with van der Waals surface area (Å²) < 4.78 is 113. The molecule has 0 saturated carbocycles. The number of hydrogen-bond donors (Lipinski definition) is 1. The summed E-state index contributed by atoms with van der Waals surface area (Å²) in [5.41, 5.74) is 4.47. The minimum absolute atomic E-state index is 0. The largest absolute Gasteiger partial charge is 0.507 e. The second-order valence-electron chi connectivity index (χ2n) is 14.5. The fraction of sp³-hybridized carbons (Fsp3) is 0.160. The summed E-state index contributed by atoms with van der Waals surface area (Å²) >= 11 is 0. The molecule has 0 fully saturated rings. The first-order valence-corrected chi connectivity index (χ1v) is 17.5. The minimum Gasteiger partial charge on any atom is -0.507 e. The second kappa shape index (κ2) is 14.9. The molecule has 8 rings (SSSR count). The number of aryl methyl sites for hydroxylation is 3. The van der Waals surface area contributed by atoms with Crippen molar-refractivity contribution in [1.82, 2.24) is 14.5 Å². The van der Waals surface area contributed by atoms with Crippen molar-refractivity contribution in [2.24, 2.45) is 0 Å². The van der Waals surface area contributed by atoms with Crippen LogP contribution in [0, 0.1) is 33.6 Å². The van der Waals surface area contributed by atoms with Crippen LogP contribution in [-0.2, 0) is 26.5 Å². The Kier molecular flexibility index (Phi) is 6.72. The van der Waals surface area contributed by atoms with Crippen LogP contribution in [0.25, 0.3) is 72.7 Å². The zero-order chi connectivity index (χ0) is 48.8. The summed E-state index contributed by atoms with van der Waals surface area (Å²) in [7, 11) is 0. The summed E-state index contributed by atoms with van der Waals surface area (Å²) in [6.07, 6.45) is -0.623. The van der Waals surface area contributed by atoms with Crippen LogP contribution in [0.3, 0.4) is 0 Å². The quantitative estimate of drug-likeness (QED) is 0.169. The molecule has 0 amide bonds. The predicted octanol–water partition coefficient (Wildman–Crippen LogP) is 12.8. The van der Waals surface area contributed by atoms with Crippen molar-refractivity contribution in [3.05, 3.63) is 167 Å². The smallest absolute Gasteiger partial charge is 0.148 e. The second-order valence-corrected chi connectivity index (χ2v) is 14.5. The molecule has 0 atom stereocenters. The molecule has 6 aromatic carbocycles. The van der Waals surface area contributed by atoms with E-state index in [1.54, 1.807) is 25.1 Å². The van der Waals surface area contributed by atoms with Gasteiger partial charge in [-0.2, -0.15) is 0 Å². The maximum absolute atomic E-state index is 11.7. The molecule has 1 N–H and O–H groups in total. The molecule has 276 valence electrons. The molecule has 0 bridgehead atoms. The summed E-state index contributed by atoms with van der Waals surface area (Å²) in [5, 5.41) is 11.7. The van der Waals surface area contributed by atoms with Crippen LogP contribution in [0.4, 0.5) is 0 Å². The van der Waals surface area contributed by atoms with Gasteiger partial charge < -0.3 is 5.11 Å². The molecule has 0 saturated heterocycles. The van der Waals surface area contributed by atoms with Crippen LogP contribution >= 0.6 is 0 Å². The Balaban J connectivity index is 0.00000684. The number of fused-ring (bicyclic) bond motifs is 1. The summed E-state index contributed by atoms with van der Waals surface area (Å²) in [6, 6.07) is 26.4. The van der Waals surface area contributed by atoms with Gasteiger partial charge in [0, 0.05) is 46.8 Å². The van der Waals surface area contributed by atoms with Crippen LogP contribution in [0.2, 0.25) is 0 Å². The van der Waals surface area contributed by atoms with E-state index in [4.69, 9.17) is 21.4 Å². The van der Waals surface area contributed by atoms with E-state index >= 15 is 0 Å². The van der Waals surface area contributed by atoms with Gasteiger partial charge in [-0.05, 0) is 102 Å². The number of phenols is 1. The van der Waals surface area contributed by atoms with Crippen LogP contribution < -0.4 is 0 Å². The first-order chi connectivity index (χ1) is 31.3. The van der Waals surface area contributed by atoms with E-state index in [0.717, 1.165) is 16.7 Å². The molecule has 0 aliphatic carbocycles. The van der Waals surface area contributed by atoms with Crippen LogP contribution in [0.15, 0.2) is 133 Å². The fourth-order valence-corrected chi connectivity index (χ4v) is 6.71. The number of nitrogens with zero attached hydrogens (tertiary/aromatic N) is 3. The number of benzene rings is 6. The summed E-state index contributed by atoms with van der Waals surface area (Å²) in [5.74, 6) is 0.320. The molecular formula is C50H44N3OPt-. The third-order valence-electron chi connectivity index (χ3n) is 9.40. The van der Waals surface area contributed by atoms with Gasteiger partial charge in [-0.1, -0.05) is 122 Å². The van der Waals surface area contributed by atoms with Crippen LogP contribution in [0.1, 0.15) is 66.4 Å². The maximum Gasteiger partial charge on any atom is 0.148 e. The molecule has 0 aliphatic heterocycles. The van der Waals surface area contributed by atoms with E-state index in [2.05, 4.69) is 11.1 Å². The molecule has 0 aliphatic rings. The number of para-hydroxylation sites is 1. The predicted molar refractivity (Wildman–Crippen MR) is 224 cm³/mol. The van der Waals surface area contributed by atoms with Gasteiger partial charge in [-0.25, -0.2) is 4.98 Å². The molecule has 8 aromatic rings. The number of aromatic hydroxyl groups is 1. The van der Waals surface area contributed by atoms with E-state index in [9.17, 15) is 6.48 Å². The first kappa shape index (κ1) is 24.8. The molecule has 4 nitrogen and oxygen atoms in total. The van der Waals surface area contributed by atoms with Crippen molar-refractivity contribution in [1.29, 1.82) is 0 Å². The van der Waals surface area contributed by atoms with E-state index in [1.807, 2.05) is 105 Å². The van der Waals surface area contributed by atoms with Crippen LogP contribution in [0.5, 0.6) is 5.75 Å². The van der Waals surface area contributed by atoms with Gasteiger partial charge in [0.1, 0.15) is 11.6 Å². The third kappa shape index (κ3) is 7.44. The van der Waals surface area contributed by atoms with Gasteiger partial charge in [0.2, 0.25) is 0 Å². The molecule has 2 aromatic heterocycles. The standard InChI is InChI=1S/C50H44N3O.Pt/c1-31-16-18-36(19-17-31)37-20-21-51-45(30-37)40-26-39(27-41(28-40)50(5,6)7)43-14-11-15-46-47(43)52-49(44-25-32(2)22-34(4)48(44)54)53(46)42-24-33(3)23-38(29-42)35-12-9-8-10-13-35;/h8-25,27-30,54H,1-7H3;/q-1;/i1D3,3D3,16D,17D,18D,19D,20D,21D,30D;. The van der Waals surface area contributed by atoms with E-state index in [-0.39, 0.29) is 43.6 Å². The normalized spacial score (nSPS) is 15.3. The zero-order valence-electron chi connectivity index (χ0n) is 43.8. The third-order valence-corrected chi connectivity index (χ3v) is 9.40. The van der Waals surface area contributed by atoms with Crippen molar-refractivity contribution in [3.63, 3.8) is 0 Å². The minimum atomic E-state index is -2.99. The van der Waals surface area contributed by atoms with Gasteiger partial charge in [-0.3, -0.25) is 9.55 Å². The monoisotopic (exact) mass is 910 g/mol. The van der Waals surface area contributed by atoms with Crippen LogP contribution in [-0.4, -0.2) is 19.6 Å². The topological polar surface area (TPSA) is 50.9 Å². The van der Waals surface area contributed by atoms with E-state index < -0.39 is 78.2 Å². The Morgan fingerprint density at radius 1 is 0.709 bits per heavy atom. The fourth-order valence-electron chi connectivity index (χ4n) is 6.71. The molecule has 55 heavy (non-hydrogen) atoms. The Labute approximate surface area is 357 Å². The van der Waals surface area contributed by atoms with Crippen molar-refractivity contribution in [2.75, 3.05) is 0 Å². The number of pyridine rings is 1. The van der Waals surface area contributed by atoms with E-state index in [0.29, 0.717) is 50.4 Å². The maximum atomic E-state index is 11.7. The average molecular weight is 911 g/mol. The zero-order valence-corrected chi connectivity index (χ0v) is 33.0. The molecule has 5 heteroatoms. The SMILES string of the molecule is [2H]c1nc(-c2[c-]c(-c3cccc4c3nc(-c3cc(C)cc(C)c3O)n4-c3cc(-c4ccccc4)cc(C([2H])([2H])[2H])c3)cc(C(C)(C)C)c2)c([2H])c(-c2c([2H])c([2H])c(C([2H])([2H])[2H])c([2H])c2[2H])c1[2H].[Pt]. The number of hydrogen-bond acceptors (Lipinski definition) is 3. The molecule has 2 heterocycles. The van der Waals surface area contributed by atoms with Crippen molar-refractivity contribution in [2.45, 2.75) is 53.7 Å². The van der Waals surface area contributed by atoms with Gasteiger partial charge in [0.05, 0.1) is 26.2 Å². The molecule has 0 spiro atoms. The Morgan fingerprint density at radius 3 is 2.22 bits per heavy atom. The Morgan fingerprint density at radius 2 is 1.47 bits per heavy atom. The van der Waals surface area contributed by atoms with Crippen molar-refractivity contribution < 1.29 is 44.0 Å².